The lowest BCUT2D eigenvalue weighted by Crippen LogP contribution is -2.30. The lowest BCUT2D eigenvalue weighted by Gasteiger charge is -2.28. The minimum Gasteiger partial charge on any atom is -0.368 e. The standard InChI is InChI=1S/C34H43Cl2F4NO3/c1-7-8-27(24-11-9-23(10-12-24)20-41-18-17-29(42)44-33(4,5)6)30(25-13-15-26(35)16-14-25)32(43)22(3)31(37)28(36)19-21(2)34(38,39)40/h9-16,19,27-30,41-42H,7-8,17-18,20H2,1-6H3/b21-19+,31-22-. The first kappa shape index (κ1) is 38.0. The first-order chi connectivity index (χ1) is 20.4. The molecule has 0 saturated heterocycles. The number of alkyl halides is 4. The van der Waals surface area contributed by atoms with Gasteiger partial charge in [-0.2, -0.15) is 13.2 Å². The molecule has 0 aliphatic rings. The minimum atomic E-state index is -4.66. The third kappa shape index (κ3) is 11.9. The van der Waals surface area contributed by atoms with Gasteiger partial charge in [0, 0.05) is 35.7 Å². The summed E-state index contributed by atoms with van der Waals surface area (Å²) in [5, 5.41) is 12.0. The number of hydrogen-bond acceptors (Lipinski definition) is 4. The average Bonchev–Trinajstić information content (AvgIpc) is 2.94. The monoisotopic (exact) mass is 659 g/mol. The first-order valence-electron chi connectivity index (χ1n) is 14.7. The van der Waals surface area contributed by atoms with E-state index in [0.717, 1.165) is 24.5 Å². The van der Waals surface area contributed by atoms with Crippen LogP contribution in [0.15, 0.2) is 71.6 Å². The number of aliphatic hydroxyl groups excluding tert-OH is 1. The fourth-order valence-corrected chi connectivity index (χ4v) is 5.30. The van der Waals surface area contributed by atoms with Gasteiger partial charge in [0.05, 0.1) is 11.5 Å². The van der Waals surface area contributed by atoms with Crippen molar-refractivity contribution in [1.82, 2.24) is 5.32 Å². The number of rotatable bonds is 15. The van der Waals surface area contributed by atoms with Crippen LogP contribution in [0.5, 0.6) is 0 Å². The quantitative estimate of drug-likeness (QED) is 0.0499. The van der Waals surface area contributed by atoms with E-state index in [1.807, 2.05) is 52.0 Å². The third-order valence-corrected chi connectivity index (χ3v) is 7.69. The summed E-state index contributed by atoms with van der Waals surface area (Å²) in [6.45, 7) is 10.8. The maximum Gasteiger partial charge on any atom is 0.412 e. The van der Waals surface area contributed by atoms with Crippen molar-refractivity contribution in [3.63, 3.8) is 0 Å². The number of aliphatic hydroxyl groups is 1. The summed E-state index contributed by atoms with van der Waals surface area (Å²) in [6, 6.07) is 14.5. The summed E-state index contributed by atoms with van der Waals surface area (Å²) in [7, 11) is 0. The highest BCUT2D eigenvalue weighted by molar-refractivity contribution is 6.30. The molecule has 0 aromatic heterocycles. The molecule has 2 aromatic rings. The third-order valence-electron chi connectivity index (χ3n) is 7.12. The van der Waals surface area contributed by atoms with Crippen molar-refractivity contribution in [2.75, 3.05) is 6.54 Å². The summed E-state index contributed by atoms with van der Waals surface area (Å²) in [5.74, 6) is -2.87. The fraction of sp³-hybridized carbons (Fsp3) is 0.500. The Bertz CT molecular complexity index is 1270. The molecule has 10 heteroatoms. The van der Waals surface area contributed by atoms with Crippen molar-refractivity contribution in [3.05, 3.63) is 93.3 Å². The summed E-state index contributed by atoms with van der Waals surface area (Å²) in [4.78, 5) is 14.0. The molecule has 0 saturated carbocycles. The molecule has 2 N–H and O–H groups in total. The first-order valence-corrected chi connectivity index (χ1v) is 15.5. The highest BCUT2D eigenvalue weighted by Gasteiger charge is 2.35. The molecule has 0 fully saturated rings. The Morgan fingerprint density at radius 2 is 1.57 bits per heavy atom. The van der Waals surface area contributed by atoms with Crippen LogP contribution in [0.1, 0.15) is 89.3 Å². The van der Waals surface area contributed by atoms with E-state index in [9.17, 15) is 23.1 Å². The van der Waals surface area contributed by atoms with Crippen LogP contribution in [0.2, 0.25) is 5.02 Å². The molecular formula is C34H43Cl2F4NO3. The van der Waals surface area contributed by atoms with Crippen molar-refractivity contribution in [3.8, 4) is 0 Å². The van der Waals surface area contributed by atoms with Crippen molar-refractivity contribution < 1.29 is 32.2 Å². The molecule has 0 amide bonds. The molecule has 0 aliphatic carbocycles. The van der Waals surface area contributed by atoms with E-state index in [1.54, 1.807) is 24.3 Å². The average molecular weight is 661 g/mol. The Morgan fingerprint density at radius 3 is 2.09 bits per heavy atom. The molecule has 44 heavy (non-hydrogen) atoms. The van der Waals surface area contributed by atoms with Gasteiger partial charge in [-0.25, -0.2) is 4.39 Å². The van der Waals surface area contributed by atoms with Crippen LogP contribution in [-0.2, 0) is 16.1 Å². The molecule has 4 nitrogen and oxygen atoms in total. The number of carbonyl (C=O) groups excluding carboxylic acids is 1. The molecule has 0 aliphatic heterocycles. The molecule has 2 aromatic carbocycles. The van der Waals surface area contributed by atoms with Gasteiger partial charge in [0.1, 0.15) is 11.2 Å². The lowest BCUT2D eigenvalue weighted by molar-refractivity contribution is -0.167. The van der Waals surface area contributed by atoms with Crippen LogP contribution < -0.4 is 5.32 Å². The van der Waals surface area contributed by atoms with Gasteiger partial charge in [-0.15, -0.1) is 11.6 Å². The molecule has 0 heterocycles. The molecular weight excluding hydrogens is 617 g/mol. The second-order valence-corrected chi connectivity index (χ2v) is 12.8. The van der Waals surface area contributed by atoms with Gasteiger partial charge in [-0.1, -0.05) is 67.4 Å². The number of ether oxygens (including phenoxy) is 1. The zero-order chi connectivity index (χ0) is 33.2. The maximum atomic E-state index is 15.4. The summed E-state index contributed by atoms with van der Waals surface area (Å²) < 4.78 is 60.0. The van der Waals surface area contributed by atoms with Crippen LogP contribution in [0.25, 0.3) is 0 Å². The largest absolute Gasteiger partial charge is 0.412 e. The van der Waals surface area contributed by atoms with Crippen LogP contribution in [0.3, 0.4) is 0 Å². The van der Waals surface area contributed by atoms with Crippen molar-refractivity contribution in [2.24, 2.45) is 0 Å². The van der Waals surface area contributed by atoms with Crippen molar-refractivity contribution in [1.29, 1.82) is 0 Å². The number of allylic oxidation sites excluding steroid dienone is 4. The van der Waals surface area contributed by atoms with Gasteiger partial charge in [-0.3, -0.25) is 4.79 Å². The van der Waals surface area contributed by atoms with E-state index in [-0.39, 0.29) is 11.5 Å². The predicted molar refractivity (Wildman–Crippen MR) is 170 cm³/mol. The van der Waals surface area contributed by atoms with Crippen molar-refractivity contribution >= 4 is 29.0 Å². The number of benzene rings is 2. The summed E-state index contributed by atoms with van der Waals surface area (Å²) in [6.07, 6.45) is -3.22. The van der Waals surface area contributed by atoms with Gasteiger partial charge < -0.3 is 15.2 Å². The van der Waals surface area contributed by atoms with E-state index in [0.29, 0.717) is 42.6 Å². The van der Waals surface area contributed by atoms with E-state index >= 15 is 4.39 Å². The van der Waals surface area contributed by atoms with Gasteiger partial charge in [0.2, 0.25) is 0 Å². The van der Waals surface area contributed by atoms with Gasteiger partial charge in [-0.05, 0) is 75.8 Å². The Labute approximate surface area is 268 Å². The molecule has 4 unspecified atom stereocenters. The zero-order valence-electron chi connectivity index (χ0n) is 26.1. The molecule has 4 atom stereocenters. The summed E-state index contributed by atoms with van der Waals surface area (Å²) >= 11 is 12.1. The second kappa shape index (κ2) is 16.9. The van der Waals surface area contributed by atoms with Gasteiger partial charge in [0.25, 0.3) is 0 Å². The SMILES string of the molecule is CCCC(c1ccc(CNCCC(O)OC(C)(C)C)cc1)C(C(=O)/C(C)=C(\F)C(Cl)/C=C(\C)C(F)(F)F)c1ccc(Cl)cc1. The van der Waals surface area contributed by atoms with Crippen LogP contribution in [-0.4, -0.2) is 40.9 Å². The highest BCUT2D eigenvalue weighted by Crippen LogP contribution is 2.40. The Hall–Kier alpha value is -2.23. The van der Waals surface area contributed by atoms with Gasteiger partial charge in [0.15, 0.2) is 12.1 Å². The Balaban J connectivity index is 2.35. The Morgan fingerprint density at radius 1 is 1.00 bits per heavy atom. The van der Waals surface area contributed by atoms with E-state index in [2.05, 4.69) is 5.32 Å². The minimum absolute atomic E-state index is 0.323. The van der Waals surface area contributed by atoms with Crippen LogP contribution >= 0.6 is 23.2 Å². The lowest BCUT2D eigenvalue weighted by atomic mass is 9.75. The van der Waals surface area contributed by atoms with Crippen LogP contribution in [0.4, 0.5) is 17.6 Å². The zero-order valence-corrected chi connectivity index (χ0v) is 27.6. The number of Topliss-reactive ketones (excluding diaryl/α,β-unsaturated/α-hetero) is 1. The van der Waals surface area contributed by atoms with Crippen molar-refractivity contribution in [2.45, 2.75) is 103 Å². The van der Waals surface area contributed by atoms with E-state index in [1.165, 1.54) is 6.92 Å². The van der Waals surface area contributed by atoms with E-state index in [4.69, 9.17) is 27.9 Å². The second-order valence-electron chi connectivity index (χ2n) is 11.9. The normalized spacial score (nSPS) is 16.2. The fourth-order valence-electron chi connectivity index (χ4n) is 4.83. The Kier molecular flexibility index (Phi) is 14.6. The van der Waals surface area contributed by atoms with Crippen LogP contribution in [0, 0.1) is 0 Å². The topological polar surface area (TPSA) is 58.6 Å². The molecule has 244 valence electrons. The maximum absolute atomic E-state index is 15.4. The van der Waals surface area contributed by atoms with E-state index < -0.39 is 46.5 Å². The molecule has 2 rings (SSSR count). The number of halogens is 6. The molecule has 0 radical (unpaired) electrons. The number of ketones is 1. The number of hydrogen-bond donors (Lipinski definition) is 2. The smallest absolute Gasteiger partial charge is 0.368 e. The summed E-state index contributed by atoms with van der Waals surface area (Å²) in [5.41, 5.74) is 0.653. The predicted octanol–water partition coefficient (Wildman–Crippen LogP) is 9.55. The van der Waals surface area contributed by atoms with Gasteiger partial charge >= 0.3 is 6.18 Å². The molecule has 0 spiro atoms. The number of carbonyl (C=O) groups is 1. The highest BCUT2D eigenvalue weighted by atomic mass is 35.5. The molecule has 0 bridgehead atoms. The number of nitrogens with one attached hydrogen (secondary N) is 1.